The van der Waals surface area contributed by atoms with Gasteiger partial charge in [-0.3, -0.25) is 0 Å². The zero-order valence-corrected chi connectivity index (χ0v) is 12.7. The third kappa shape index (κ3) is 3.84. The van der Waals surface area contributed by atoms with Gasteiger partial charge in [-0.2, -0.15) is 0 Å². The fraction of sp³-hybridized carbons (Fsp3) is 0.375. The molecule has 1 aromatic heterocycles. The Morgan fingerprint density at radius 1 is 1.00 bits per heavy atom. The number of anilines is 1. The molecule has 2 rings (SSSR count). The predicted octanol–water partition coefficient (Wildman–Crippen LogP) is 3.37. The van der Waals surface area contributed by atoms with Crippen LogP contribution in [0.5, 0.6) is 11.5 Å². The first-order valence-electron chi connectivity index (χ1n) is 7.25. The lowest BCUT2D eigenvalue weighted by atomic mass is 10.1. The zero-order chi connectivity index (χ0) is 15.1. The average molecular weight is 287 g/mol. The molecule has 0 aliphatic heterocycles. The summed E-state index contributed by atoms with van der Waals surface area (Å²) in [7, 11) is 0. The van der Waals surface area contributed by atoms with E-state index < -0.39 is 0 Å². The normalized spacial score (nSPS) is 10.2. The van der Waals surface area contributed by atoms with E-state index in [1.54, 1.807) is 6.20 Å². The van der Waals surface area contributed by atoms with Crippen LogP contribution in [0.25, 0.3) is 11.3 Å². The van der Waals surface area contributed by atoms with Crippen molar-refractivity contribution in [3.8, 4) is 22.8 Å². The van der Waals surface area contributed by atoms with E-state index in [9.17, 15) is 0 Å². The van der Waals surface area contributed by atoms with E-state index in [1.807, 2.05) is 45.0 Å². The Hall–Kier alpha value is -2.30. The van der Waals surface area contributed by atoms with Gasteiger partial charge in [0, 0.05) is 18.3 Å². The summed E-state index contributed by atoms with van der Waals surface area (Å²) in [5, 5.41) is 3.11. The molecule has 0 aliphatic carbocycles. The minimum Gasteiger partial charge on any atom is -0.490 e. The minimum absolute atomic E-state index is 0.593. The second kappa shape index (κ2) is 7.47. The first-order valence-corrected chi connectivity index (χ1v) is 7.25. The molecule has 1 N–H and O–H groups in total. The molecule has 0 atom stereocenters. The monoisotopic (exact) mass is 287 g/mol. The number of nitrogens with zero attached hydrogens (tertiary/aromatic N) is 2. The van der Waals surface area contributed by atoms with Crippen LogP contribution in [0.2, 0.25) is 0 Å². The van der Waals surface area contributed by atoms with E-state index in [-0.39, 0.29) is 0 Å². The average Bonchev–Trinajstić information content (AvgIpc) is 2.50. The lowest BCUT2D eigenvalue weighted by Crippen LogP contribution is -2.02. The highest BCUT2D eigenvalue weighted by atomic mass is 16.5. The highest BCUT2D eigenvalue weighted by molar-refractivity contribution is 5.64. The fourth-order valence-electron chi connectivity index (χ4n) is 1.97. The molecule has 0 bridgehead atoms. The molecule has 1 aromatic carbocycles. The van der Waals surface area contributed by atoms with Crippen LogP contribution in [0.3, 0.4) is 0 Å². The highest BCUT2D eigenvalue weighted by Crippen LogP contribution is 2.32. The van der Waals surface area contributed by atoms with Crippen LogP contribution in [0, 0.1) is 0 Å². The van der Waals surface area contributed by atoms with Crippen molar-refractivity contribution in [3.63, 3.8) is 0 Å². The standard InChI is InChI=1S/C16H21N3O2/c1-4-17-16-18-10-9-13(19-16)12-7-8-14(20-5-2)15(11-12)21-6-3/h7-11H,4-6H2,1-3H3,(H,17,18,19). The summed E-state index contributed by atoms with van der Waals surface area (Å²) in [5.74, 6) is 2.12. The van der Waals surface area contributed by atoms with Gasteiger partial charge >= 0.3 is 0 Å². The summed E-state index contributed by atoms with van der Waals surface area (Å²) in [6.45, 7) is 7.91. The summed E-state index contributed by atoms with van der Waals surface area (Å²) in [6.07, 6.45) is 1.75. The van der Waals surface area contributed by atoms with E-state index in [1.165, 1.54) is 0 Å². The highest BCUT2D eigenvalue weighted by Gasteiger charge is 2.09. The van der Waals surface area contributed by atoms with Gasteiger partial charge in [0.15, 0.2) is 11.5 Å². The lowest BCUT2D eigenvalue weighted by Gasteiger charge is -2.12. The maximum absolute atomic E-state index is 5.65. The molecule has 0 fully saturated rings. The molecular formula is C16H21N3O2. The van der Waals surface area contributed by atoms with Crippen molar-refractivity contribution < 1.29 is 9.47 Å². The number of benzene rings is 1. The molecule has 112 valence electrons. The quantitative estimate of drug-likeness (QED) is 0.846. The van der Waals surface area contributed by atoms with Crippen LogP contribution in [-0.4, -0.2) is 29.7 Å². The fourth-order valence-corrected chi connectivity index (χ4v) is 1.97. The molecule has 1 heterocycles. The molecule has 0 radical (unpaired) electrons. The number of aromatic nitrogens is 2. The lowest BCUT2D eigenvalue weighted by molar-refractivity contribution is 0.288. The Bertz CT molecular complexity index is 587. The van der Waals surface area contributed by atoms with Crippen molar-refractivity contribution >= 4 is 5.95 Å². The van der Waals surface area contributed by atoms with Gasteiger partial charge < -0.3 is 14.8 Å². The van der Waals surface area contributed by atoms with Gasteiger partial charge in [0.05, 0.1) is 18.9 Å². The van der Waals surface area contributed by atoms with Crippen LogP contribution in [0.15, 0.2) is 30.5 Å². The summed E-state index contributed by atoms with van der Waals surface area (Å²) in [6, 6.07) is 7.73. The van der Waals surface area contributed by atoms with Crippen molar-refractivity contribution in [2.24, 2.45) is 0 Å². The molecule has 21 heavy (non-hydrogen) atoms. The van der Waals surface area contributed by atoms with Crippen molar-refractivity contribution in [3.05, 3.63) is 30.5 Å². The Kier molecular flexibility index (Phi) is 5.37. The van der Waals surface area contributed by atoms with Gasteiger partial charge in [-0.15, -0.1) is 0 Å². The van der Waals surface area contributed by atoms with E-state index in [4.69, 9.17) is 9.47 Å². The van der Waals surface area contributed by atoms with Gasteiger partial charge in [0.25, 0.3) is 0 Å². The second-order valence-corrected chi connectivity index (χ2v) is 4.32. The third-order valence-electron chi connectivity index (χ3n) is 2.83. The maximum atomic E-state index is 5.65. The Balaban J connectivity index is 2.34. The molecule has 0 saturated heterocycles. The second-order valence-electron chi connectivity index (χ2n) is 4.32. The summed E-state index contributed by atoms with van der Waals surface area (Å²) >= 11 is 0. The molecule has 0 aliphatic rings. The molecule has 2 aromatic rings. The zero-order valence-electron chi connectivity index (χ0n) is 12.7. The number of nitrogens with one attached hydrogen (secondary N) is 1. The van der Waals surface area contributed by atoms with Gasteiger partial charge in [0.1, 0.15) is 0 Å². The topological polar surface area (TPSA) is 56.3 Å². The van der Waals surface area contributed by atoms with E-state index >= 15 is 0 Å². The minimum atomic E-state index is 0.593. The van der Waals surface area contributed by atoms with Crippen molar-refractivity contribution in [1.82, 2.24) is 9.97 Å². The molecule has 0 amide bonds. The van der Waals surface area contributed by atoms with Gasteiger partial charge in [-0.05, 0) is 45.0 Å². The molecule has 5 heteroatoms. The molecule has 5 nitrogen and oxygen atoms in total. The van der Waals surface area contributed by atoms with Crippen molar-refractivity contribution in [2.75, 3.05) is 25.1 Å². The summed E-state index contributed by atoms with van der Waals surface area (Å²) < 4.78 is 11.2. The van der Waals surface area contributed by atoms with E-state index in [0.29, 0.717) is 19.2 Å². The molecule has 0 unspecified atom stereocenters. The van der Waals surface area contributed by atoms with Crippen LogP contribution in [0.4, 0.5) is 5.95 Å². The van der Waals surface area contributed by atoms with Gasteiger partial charge in [-0.1, -0.05) is 0 Å². The number of hydrogen-bond acceptors (Lipinski definition) is 5. The smallest absolute Gasteiger partial charge is 0.223 e. The van der Waals surface area contributed by atoms with Gasteiger partial charge in [-0.25, -0.2) is 9.97 Å². The van der Waals surface area contributed by atoms with Crippen LogP contribution < -0.4 is 14.8 Å². The summed E-state index contributed by atoms with van der Waals surface area (Å²) in [4.78, 5) is 8.67. The van der Waals surface area contributed by atoms with Crippen LogP contribution in [-0.2, 0) is 0 Å². The Morgan fingerprint density at radius 2 is 1.76 bits per heavy atom. The molecule has 0 saturated carbocycles. The SMILES string of the molecule is CCNc1nccc(-c2ccc(OCC)c(OCC)c2)n1. The van der Waals surface area contributed by atoms with E-state index in [0.717, 1.165) is 29.3 Å². The van der Waals surface area contributed by atoms with Gasteiger partial charge in [0.2, 0.25) is 5.95 Å². The Morgan fingerprint density at radius 3 is 2.48 bits per heavy atom. The van der Waals surface area contributed by atoms with Crippen molar-refractivity contribution in [1.29, 1.82) is 0 Å². The first kappa shape index (κ1) is 15.1. The summed E-state index contributed by atoms with van der Waals surface area (Å²) in [5.41, 5.74) is 1.83. The number of hydrogen-bond donors (Lipinski definition) is 1. The Labute approximate surface area is 125 Å². The number of ether oxygens (including phenoxy) is 2. The molecular weight excluding hydrogens is 266 g/mol. The predicted molar refractivity (Wildman–Crippen MR) is 84.0 cm³/mol. The van der Waals surface area contributed by atoms with Crippen LogP contribution in [0.1, 0.15) is 20.8 Å². The largest absolute Gasteiger partial charge is 0.490 e. The first-order chi connectivity index (χ1) is 10.3. The van der Waals surface area contributed by atoms with Crippen LogP contribution >= 0.6 is 0 Å². The van der Waals surface area contributed by atoms with E-state index in [2.05, 4.69) is 15.3 Å². The van der Waals surface area contributed by atoms with Crippen molar-refractivity contribution in [2.45, 2.75) is 20.8 Å². The third-order valence-corrected chi connectivity index (χ3v) is 2.83. The number of rotatable bonds is 7. The maximum Gasteiger partial charge on any atom is 0.223 e. The molecule has 0 spiro atoms.